The van der Waals surface area contributed by atoms with Crippen molar-refractivity contribution >= 4 is 45.2 Å². The van der Waals surface area contributed by atoms with E-state index in [1.807, 2.05) is 78.9 Å². The fraction of sp³-hybridized carbons (Fsp3) is 0.120. The van der Waals surface area contributed by atoms with Crippen LogP contribution in [0.15, 0.2) is 89.8 Å². The summed E-state index contributed by atoms with van der Waals surface area (Å²) in [7, 11) is 0. The Balaban J connectivity index is 1.39. The lowest BCUT2D eigenvalue weighted by atomic mass is 9.97. The molecule has 0 aromatic heterocycles. The lowest BCUT2D eigenvalue weighted by Gasteiger charge is -2.11. The van der Waals surface area contributed by atoms with Gasteiger partial charge in [-0.3, -0.25) is 4.79 Å². The van der Waals surface area contributed by atoms with Crippen molar-refractivity contribution in [1.82, 2.24) is 5.32 Å². The summed E-state index contributed by atoms with van der Waals surface area (Å²) in [5.74, 6) is -0.0455. The number of hydrogen-bond acceptors (Lipinski definition) is 4. The summed E-state index contributed by atoms with van der Waals surface area (Å²) in [4.78, 5) is 26.2. The Morgan fingerprint density at radius 1 is 0.800 bits per heavy atom. The maximum atomic E-state index is 12.9. The van der Waals surface area contributed by atoms with Gasteiger partial charge in [0.2, 0.25) is 0 Å². The van der Waals surface area contributed by atoms with Gasteiger partial charge in [0.1, 0.15) is 0 Å². The number of thioether (sulfide) groups is 1. The van der Waals surface area contributed by atoms with Crippen LogP contribution in [0.1, 0.15) is 10.4 Å². The van der Waals surface area contributed by atoms with Crippen molar-refractivity contribution < 1.29 is 14.3 Å². The van der Waals surface area contributed by atoms with Crippen molar-refractivity contribution in [3.63, 3.8) is 0 Å². The van der Waals surface area contributed by atoms with Gasteiger partial charge in [-0.1, -0.05) is 66.7 Å². The number of nitrogens with one attached hydrogen (secondary N) is 1. The lowest BCUT2D eigenvalue weighted by molar-refractivity contribution is -0.124. The first-order chi connectivity index (χ1) is 14.7. The number of rotatable bonds is 7. The maximum absolute atomic E-state index is 12.9. The molecule has 30 heavy (non-hydrogen) atoms. The van der Waals surface area contributed by atoms with E-state index in [1.54, 1.807) is 11.8 Å². The maximum Gasteiger partial charge on any atom is 0.339 e. The molecule has 4 nitrogen and oxygen atoms in total. The summed E-state index contributed by atoms with van der Waals surface area (Å²) in [6.45, 7) is 0.208. The van der Waals surface area contributed by atoms with E-state index >= 15 is 0 Å². The minimum absolute atomic E-state index is 0.299. The Morgan fingerprint density at radius 2 is 1.40 bits per heavy atom. The van der Waals surface area contributed by atoms with Crippen LogP contribution in [-0.4, -0.2) is 30.8 Å². The van der Waals surface area contributed by atoms with Gasteiger partial charge in [-0.25, -0.2) is 4.79 Å². The van der Waals surface area contributed by atoms with E-state index < -0.39 is 5.97 Å². The van der Waals surface area contributed by atoms with Gasteiger partial charge >= 0.3 is 5.97 Å². The predicted molar refractivity (Wildman–Crippen MR) is 122 cm³/mol. The Labute approximate surface area is 179 Å². The van der Waals surface area contributed by atoms with Gasteiger partial charge in [0.25, 0.3) is 5.91 Å². The van der Waals surface area contributed by atoms with E-state index in [0.717, 1.165) is 32.2 Å². The molecule has 5 heteroatoms. The zero-order valence-corrected chi connectivity index (χ0v) is 17.2. The number of hydrogen-bond donors (Lipinski definition) is 1. The second kappa shape index (κ2) is 9.46. The van der Waals surface area contributed by atoms with Crippen LogP contribution in [-0.2, 0) is 9.53 Å². The van der Waals surface area contributed by atoms with Crippen molar-refractivity contribution in [3.8, 4) is 0 Å². The van der Waals surface area contributed by atoms with E-state index in [9.17, 15) is 9.59 Å². The molecule has 0 unspecified atom stereocenters. The van der Waals surface area contributed by atoms with Crippen LogP contribution < -0.4 is 5.32 Å². The van der Waals surface area contributed by atoms with Crippen LogP contribution in [0.2, 0.25) is 0 Å². The minimum atomic E-state index is -0.489. The third-order valence-electron chi connectivity index (χ3n) is 4.75. The second-order valence-corrected chi connectivity index (χ2v) is 7.95. The van der Waals surface area contributed by atoms with Crippen LogP contribution in [0.4, 0.5) is 0 Å². The number of carbonyl (C=O) groups is 2. The average Bonchev–Trinajstić information content (AvgIpc) is 2.79. The van der Waals surface area contributed by atoms with E-state index in [1.165, 1.54) is 0 Å². The quantitative estimate of drug-likeness (QED) is 0.198. The van der Waals surface area contributed by atoms with Gasteiger partial charge in [0.15, 0.2) is 6.61 Å². The highest BCUT2D eigenvalue weighted by Gasteiger charge is 2.17. The molecule has 0 atom stereocenters. The average molecular weight is 416 g/mol. The van der Waals surface area contributed by atoms with Gasteiger partial charge < -0.3 is 10.1 Å². The standard InChI is InChI=1S/C25H21NO3S/c27-23(26-14-15-30-20-10-2-1-3-11-20)17-29-25(28)24-21-12-6-4-8-18(21)16-19-9-5-7-13-22(19)24/h1-13,16H,14-15,17H2,(H,26,27). The summed E-state index contributed by atoms with van der Waals surface area (Å²) in [6, 6.07) is 27.5. The molecule has 1 N–H and O–H groups in total. The third kappa shape index (κ3) is 4.63. The monoisotopic (exact) mass is 415 g/mol. The third-order valence-corrected chi connectivity index (χ3v) is 5.76. The second-order valence-electron chi connectivity index (χ2n) is 6.78. The highest BCUT2D eigenvalue weighted by Crippen LogP contribution is 2.29. The van der Waals surface area contributed by atoms with Gasteiger partial charge in [-0.05, 0) is 39.7 Å². The van der Waals surface area contributed by atoms with Gasteiger partial charge in [0.05, 0.1) is 5.56 Å². The molecule has 0 fully saturated rings. The van der Waals surface area contributed by atoms with E-state index in [0.29, 0.717) is 12.1 Å². The predicted octanol–water partition coefficient (Wildman–Crippen LogP) is 5.06. The summed E-state index contributed by atoms with van der Waals surface area (Å²) in [5, 5.41) is 6.36. The number of amides is 1. The lowest BCUT2D eigenvalue weighted by Crippen LogP contribution is -2.30. The normalized spacial score (nSPS) is 10.8. The van der Waals surface area contributed by atoms with Gasteiger partial charge in [0, 0.05) is 17.2 Å². The smallest absolute Gasteiger partial charge is 0.339 e. The van der Waals surface area contributed by atoms with Crippen molar-refractivity contribution in [2.24, 2.45) is 0 Å². The zero-order valence-electron chi connectivity index (χ0n) is 16.3. The molecule has 0 radical (unpaired) electrons. The van der Waals surface area contributed by atoms with Crippen LogP contribution in [0.5, 0.6) is 0 Å². The number of fused-ring (bicyclic) bond motifs is 2. The van der Waals surface area contributed by atoms with Crippen LogP contribution >= 0.6 is 11.8 Å². The van der Waals surface area contributed by atoms with Crippen molar-refractivity contribution in [2.75, 3.05) is 18.9 Å². The fourth-order valence-corrected chi connectivity index (χ4v) is 4.15. The zero-order chi connectivity index (χ0) is 20.8. The number of esters is 1. The first kappa shape index (κ1) is 20.0. The molecule has 150 valence electrons. The molecule has 4 aromatic carbocycles. The Morgan fingerprint density at radius 3 is 2.07 bits per heavy atom. The van der Waals surface area contributed by atoms with E-state index in [4.69, 9.17) is 4.74 Å². The van der Waals surface area contributed by atoms with Crippen LogP contribution in [0, 0.1) is 0 Å². The number of ether oxygens (including phenoxy) is 1. The fourth-order valence-electron chi connectivity index (χ4n) is 3.36. The SMILES string of the molecule is O=C(COC(=O)c1c2ccccc2cc2ccccc12)NCCSc1ccccc1. The Bertz CT molecular complexity index is 1140. The molecule has 4 rings (SSSR count). The molecule has 4 aromatic rings. The molecular weight excluding hydrogens is 394 g/mol. The molecular formula is C25H21NO3S. The van der Waals surface area contributed by atoms with Gasteiger partial charge in [-0.15, -0.1) is 11.8 Å². The molecule has 0 bridgehead atoms. The van der Waals surface area contributed by atoms with Crippen molar-refractivity contribution in [3.05, 3.63) is 90.5 Å². The molecule has 0 saturated heterocycles. The highest BCUT2D eigenvalue weighted by atomic mass is 32.2. The summed E-state index contributed by atoms with van der Waals surface area (Å²) < 4.78 is 5.36. The van der Waals surface area contributed by atoms with Crippen LogP contribution in [0.25, 0.3) is 21.5 Å². The molecule has 0 aliphatic heterocycles. The van der Waals surface area contributed by atoms with E-state index in [-0.39, 0.29) is 12.5 Å². The Hall–Kier alpha value is -3.31. The van der Waals surface area contributed by atoms with Crippen molar-refractivity contribution in [1.29, 1.82) is 0 Å². The van der Waals surface area contributed by atoms with Gasteiger partial charge in [-0.2, -0.15) is 0 Å². The molecule has 0 spiro atoms. The topological polar surface area (TPSA) is 55.4 Å². The molecule has 0 heterocycles. The first-order valence-corrected chi connectivity index (χ1v) is 10.7. The summed E-state index contributed by atoms with van der Waals surface area (Å²) in [5.41, 5.74) is 0.496. The number of benzene rings is 4. The molecule has 1 amide bonds. The van der Waals surface area contributed by atoms with Crippen LogP contribution in [0.3, 0.4) is 0 Å². The van der Waals surface area contributed by atoms with E-state index in [2.05, 4.69) is 11.4 Å². The summed E-state index contributed by atoms with van der Waals surface area (Å²) >= 11 is 1.66. The number of carbonyl (C=O) groups excluding carboxylic acids is 2. The molecule has 0 aliphatic carbocycles. The minimum Gasteiger partial charge on any atom is -0.452 e. The van der Waals surface area contributed by atoms with Crippen molar-refractivity contribution in [2.45, 2.75) is 4.90 Å². The first-order valence-electron chi connectivity index (χ1n) is 9.74. The largest absolute Gasteiger partial charge is 0.452 e. The summed E-state index contributed by atoms with van der Waals surface area (Å²) in [6.07, 6.45) is 0. The molecule has 0 aliphatic rings. The molecule has 0 saturated carbocycles. The highest BCUT2D eigenvalue weighted by molar-refractivity contribution is 7.99. The Kier molecular flexibility index (Phi) is 6.30.